The van der Waals surface area contributed by atoms with E-state index in [0.717, 1.165) is 44.7 Å². The van der Waals surface area contributed by atoms with Crippen molar-refractivity contribution in [2.24, 2.45) is 0 Å². The number of hydrogen-bond acceptors (Lipinski definition) is 5. The van der Waals surface area contributed by atoms with Gasteiger partial charge < -0.3 is 18.8 Å². The molecule has 0 aromatic heterocycles. The zero-order valence-corrected chi connectivity index (χ0v) is 19.1. The molecule has 5 rings (SSSR count). The van der Waals surface area contributed by atoms with E-state index in [2.05, 4.69) is 58.2 Å². The maximum absolute atomic E-state index is 5.59. The van der Waals surface area contributed by atoms with Gasteiger partial charge in [0.05, 0.1) is 26.8 Å². The summed E-state index contributed by atoms with van der Waals surface area (Å²) in [6, 6.07) is 20.4. The van der Waals surface area contributed by atoms with Gasteiger partial charge in [0, 0.05) is 35.3 Å². The highest BCUT2D eigenvalue weighted by Gasteiger charge is 2.22. The number of methoxy groups -OCH3 is 3. The van der Waals surface area contributed by atoms with Crippen molar-refractivity contribution in [3.8, 4) is 39.8 Å². The number of hydrogen-bond donors (Lipinski definition) is 0. The number of benzene rings is 3. The van der Waals surface area contributed by atoms with Crippen LogP contribution in [0, 0.1) is 6.92 Å². The topological polar surface area (TPSA) is 58.4 Å². The predicted molar refractivity (Wildman–Crippen MR) is 130 cm³/mol. The minimum atomic E-state index is 0.650. The highest BCUT2D eigenvalue weighted by atomic mass is 16.5. The number of fused-ring (bicyclic) bond motifs is 3. The van der Waals surface area contributed by atoms with Crippen LogP contribution in [0.1, 0.15) is 11.1 Å². The summed E-state index contributed by atoms with van der Waals surface area (Å²) in [6.45, 7) is 2.73. The third-order valence-corrected chi connectivity index (χ3v) is 5.92. The van der Waals surface area contributed by atoms with Gasteiger partial charge in [0.25, 0.3) is 0 Å². The van der Waals surface area contributed by atoms with Crippen LogP contribution in [0.25, 0.3) is 33.4 Å². The van der Waals surface area contributed by atoms with Gasteiger partial charge in [0.15, 0.2) is 11.5 Å². The number of aromatic nitrogens is 3. The number of nitrogens with zero attached hydrogens (tertiary/aromatic N) is 3. The van der Waals surface area contributed by atoms with Crippen LogP contribution in [0.3, 0.4) is 0 Å². The second-order valence-corrected chi connectivity index (χ2v) is 8.01. The smallest absolute Gasteiger partial charge is 0.162 e. The summed E-state index contributed by atoms with van der Waals surface area (Å²) in [4.78, 5) is 0. The SMILES string of the molecule is COc1cccc(Cn2cc3c(-c4ccc(C)cc4)nnc-3c3cc(OC)c(OC)cc32)c1. The molecule has 0 spiro atoms. The molecule has 0 amide bonds. The molecular formula is C27H25N3O3. The predicted octanol–water partition coefficient (Wildman–Crippen LogP) is 5.59. The second kappa shape index (κ2) is 8.47. The lowest BCUT2D eigenvalue weighted by Crippen LogP contribution is -2.05. The summed E-state index contributed by atoms with van der Waals surface area (Å²) >= 11 is 0. The minimum Gasteiger partial charge on any atom is -0.497 e. The highest BCUT2D eigenvalue weighted by molar-refractivity contribution is 5.99. The van der Waals surface area contributed by atoms with Gasteiger partial charge in [-0.1, -0.05) is 42.0 Å². The molecular weight excluding hydrogens is 414 g/mol. The third-order valence-electron chi connectivity index (χ3n) is 5.92. The monoisotopic (exact) mass is 439 g/mol. The molecule has 0 atom stereocenters. The maximum Gasteiger partial charge on any atom is 0.162 e. The summed E-state index contributed by atoms with van der Waals surface area (Å²) < 4.78 is 18.8. The lowest BCUT2D eigenvalue weighted by Gasteiger charge is -2.18. The molecule has 0 saturated carbocycles. The van der Waals surface area contributed by atoms with Crippen LogP contribution >= 0.6 is 0 Å². The summed E-state index contributed by atoms with van der Waals surface area (Å²) in [6.07, 6.45) is 2.12. The molecule has 2 heterocycles. The minimum absolute atomic E-state index is 0.650. The molecule has 166 valence electrons. The average Bonchev–Trinajstić information content (AvgIpc) is 3.27. The van der Waals surface area contributed by atoms with Crippen LogP contribution in [0.5, 0.6) is 17.2 Å². The molecule has 0 bridgehead atoms. The maximum atomic E-state index is 5.59. The van der Waals surface area contributed by atoms with Crippen LogP contribution < -0.4 is 14.2 Å². The van der Waals surface area contributed by atoms with E-state index in [1.165, 1.54) is 5.56 Å². The molecule has 0 saturated heterocycles. The molecule has 0 fully saturated rings. The van der Waals surface area contributed by atoms with Crippen LogP contribution in [0.2, 0.25) is 0 Å². The Morgan fingerprint density at radius 3 is 2.24 bits per heavy atom. The fraction of sp³-hybridized carbons (Fsp3) is 0.185. The van der Waals surface area contributed by atoms with Crippen molar-refractivity contribution >= 4 is 10.9 Å². The summed E-state index contributed by atoms with van der Waals surface area (Å²) in [7, 11) is 4.97. The Kier molecular flexibility index (Phi) is 5.34. The standard InChI is InChI=1S/C27H25N3O3/c1-17-8-10-19(11-9-17)26-22-16-30(15-18-6-5-7-20(12-18)31-2)23-14-25(33-4)24(32-3)13-21(23)27(22)29-28-26/h5-14,16H,15H2,1-4H3. The summed E-state index contributed by atoms with van der Waals surface area (Å²) in [5.41, 5.74) is 7.04. The first-order chi connectivity index (χ1) is 16.1. The van der Waals surface area contributed by atoms with Gasteiger partial charge in [-0.15, -0.1) is 10.2 Å². The van der Waals surface area contributed by atoms with E-state index in [1.807, 2.05) is 30.3 Å². The molecule has 3 aromatic carbocycles. The molecule has 2 aliphatic heterocycles. The molecule has 0 aliphatic carbocycles. The zero-order valence-electron chi connectivity index (χ0n) is 19.1. The first-order valence-electron chi connectivity index (χ1n) is 10.7. The van der Waals surface area contributed by atoms with Crippen LogP contribution in [0.4, 0.5) is 0 Å². The first-order valence-corrected chi connectivity index (χ1v) is 10.7. The van der Waals surface area contributed by atoms with Gasteiger partial charge in [0.2, 0.25) is 0 Å². The average molecular weight is 440 g/mol. The van der Waals surface area contributed by atoms with Crippen LogP contribution in [0.15, 0.2) is 66.9 Å². The first kappa shape index (κ1) is 20.8. The van der Waals surface area contributed by atoms with E-state index < -0.39 is 0 Å². The molecule has 6 heteroatoms. The van der Waals surface area contributed by atoms with Crippen molar-refractivity contribution in [3.63, 3.8) is 0 Å². The van der Waals surface area contributed by atoms with E-state index in [0.29, 0.717) is 18.0 Å². The molecule has 2 aliphatic rings. The van der Waals surface area contributed by atoms with Gasteiger partial charge in [-0.3, -0.25) is 0 Å². The van der Waals surface area contributed by atoms with Crippen molar-refractivity contribution in [1.29, 1.82) is 0 Å². The third kappa shape index (κ3) is 3.74. The summed E-state index contributed by atoms with van der Waals surface area (Å²) in [5, 5.41) is 10.1. The van der Waals surface area contributed by atoms with E-state index in [1.54, 1.807) is 21.3 Å². The molecule has 6 nitrogen and oxygen atoms in total. The molecule has 0 unspecified atom stereocenters. The number of rotatable bonds is 6. The Bertz CT molecular complexity index is 1410. The largest absolute Gasteiger partial charge is 0.497 e. The van der Waals surface area contributed by atoms with E-state index >= 15 is 0 Å². The normalized spacial score (nSPS) is 11.2. The van der Waals surface area contributed by atoms with Gasteiger partial charge in [-0.05, 0) is 30.7 Å². The Morgan fingerprint density at radius 2 is 1.52 bits per heavy atom. The van der Waals surface area contributed by atoms with E-state index in [-0.39, 0.29) is 0 Å². The summed E-state index contributed by atoms with van der Waals surface area (Å²) in [5.74, 6) is 2.15. The van der Waals surface area contributed by atoms with Gasteiger partial charge in [-0.25, -0.2) is 0 Å². The lowest BCUT2D eigenvalue weighted by molar-refractivity contribution is 0.355. The number of ether oxygens (including phenoxy) is 3. The van der Waals surface area contributed by atoms with Crippen molar-refractivity contribution in [2.45, 2.75) is 13.5 Å². The van der Waals surface area contributed by atoms with Crippen LogP contribution in [-0.4, -0.2) is 36.1 Å². The zero-order chi connectivity index (χ0) is 22.9. The fourth-order valence-corrected chi connectivity index (χ4v) is 4.19. The quantitative estimate of drug-likeness (QED) is 0.345. The lowest BCUT2D eigenvalue weighted by atomic mass is 10.0. The van der Waals surface area contributed by atoms with Gasteiger partial charge in [0.1, 0.15) is 17.1 Å². The highest BCUT2D eigenvalue weighted by Crippen LogP contribution is 2.41. The van der Waals surface area contributed by atoms with E-state index in [4.69, 9.17) is 14.2 Å². The number of pyridine rings is 1. The molecule has 0 radical (unpaired) electrons. The Balaban J connectivity index is 1.76. The van der Waals surface area contributed by atoms with Crippen molar-refractivity contribution in [2.75, 3.05) is 21.3 Å². The second-order valence-electron chi connectivity index (χ2n) is 8.01. The van der Waals surface area contributed by atoms with Crippen molar-refractivity contribution < 1.29 is 14.2 Å². The van der Waals surface area contributed by atoms with Crippen molar-refractivity contribution in [1.82, 2.24) is 14.8 Å². The van der Waals surface area contributed by atoms with E-state index in [9.17, 15) is 0 Å². The fourth-order valence-electron chi connectivity index (χ4n) is 4.19. The van der Waals surface area contributed by atoms with Crippen molar-refractivity contribution in [3.05, 3.63) is 78.0 Å². The molecule has 0 N–H and O–H groups in total. The van der Waals surface area contributed by atoms with Gasteiger partial charge in [-0.2, -0.15) is 0 Å². The molecule has 3 aromatic rings. The number of aryl methyl sites for hydroxylation is 1. The molecule has 33 heavy (non-hydrogen) atoms. The Labute approximate surface area is 192 Å². The van der Waals surface area contributed by atoms with Crippen LogP contribution in [-0.2, 0) is 6.54 Å². The van der Waals surface area contributed by atoms with Gasteiger partial charge >= 0.3 is 0 Å². The Hall–Kier alpha value is -4.06. The Morgan fingerprint density at radius 1 is 0.788 bits per heavy atom.